The lowest BCUT2D eigenvalue weighted by Crippen LogP contribution is -2.17. The van der Waals surface area contributed by atoms with E-state index >= 15 is 0 Å². The average Bonchev–Trinajstić information content (AvgIpc) is 2.17. The number of halogens is 2. The molecule has 1 atom stereocenters. The van der Waals surface area contributed by atoms with Crippen LogP contribution in [0.4, 0.5) is 4.39 Å². The highest BCUT2D eigenvalue weighted by Gasteiger charge is 2.17. The predicted octanol–water partition coefficient (Wildman–Crippen LogP) is 3.29. The minimum Gasteiger partial charge on any atom is -0.396 e. The van der Waals surface area contributed by atoms with Gasteiger partial charge >= 0.3 is 0 Å². The van der Waals surface area contributed by atoms with Crippen molar-refractivity contribution < 1.29 is 9.50 Å². The lowest BCUT2D eigenvalue weighted by atomic mass is 9.90. The highest BCUT2D eigenvalue weighted by atomic mass is 35.5. The molecule has 0 radical (unpaired) electrons. The molecule has 1 aromatic rings. The summed E-state index contributed by atoms with van der Waals surface area (Å²) in [5, 5.41) is 9.61. The second kappa shape index (κ2) is 5.47. The van der Waals surface area contributed by atoms with E-state index in [0.29, 0.717) is 22.9 Å². The van der Waals surface area contributed by atoms with Gasteiger partial charge in [0.2, 0.25) is 0 Å². The molecule has 0 aliphatic rings. The third-order valence-corrected chi connectivity index (χ3v) is 3.06. The first-order chi connectivity index (χ1) is 7.06. The average molecular weight is 231 g/mol. The van der Waals surface area contributed by atoms with Gasteiger partial charge in [0.15, 0.2) is 0 Å². The third kappa shape index (κ3) is 3.18. The lowest BCUT2D eigenvalue weighted by Gasteiger charge is -2.19. The van der Waals surface area contributed by atoms with E-state index in [1.54, 1.807) is 12.1 Å². The van der Waals surface area contributed by atoms with E-state index in [1.165, 1.54) is 6.07 Å². The van der Waals surface area contributed by atoms with E-state index < -0.39 is 0 Å². The van der Waals surface area contributed by atoms with Crippen molar-refractivity contribution in [2.45, 2.75) is 20.3 Å². The van der Waals surface area contributed by atoms with Gasteiger partial charge in [0.05, 0.1) is 0 Å². The molecule has 0 saturated carbocycles. The van der Waals surface area contributed by atoms with Crippen LogP contribution >= 0.6 is 11.6 Å². The first-order valence-electron chi connectivity index (χ1n) is 5.10. The van der Waals surface area contributed by atoms with Gasteiger partial charge in [-0.25, -0.2) is 4.39 Å². The molecule has 0 fully saturated rings. The van der Waals surface area contributed by atoms with Gasteiger partial charge in [-0.1, -0.05) is 31.5 Å². The number of hydrogen-bond acceptors (Lipinski definition) is 1. The zero-order chi connectivity index (χ0) is 11.4. The predicted molar refractivity (Wildman–Crippen MR) is 60.5 cm³/mol. The summed E-state index contributed by atoms with van der Waals surface area (Å²) in [4.78, 5) is 0. The highest BCUT2D eigenvalue weighted by Crippen LogP contribution is 2.24. The Morgan fingerprint density at radius 1 is 1.40 bits per heavy atom. The molecule has 1 rings (SSSR count). The summed E-state index contributed by atoms with van der Waals surface area (Å²) >= 11 is 5.91. The smallest absolute Gasteiger partial charge is 0.127 e. The molecule has 1 unspecified atom stereocenters. The maximum atomic E-state index is 13.4. The minimum atomic E-state index is -0.290. The maximum absolute atomic E-state index is 13.4. The fraction of sp³-hybridized carbons (Fsp3) is 0.500. The first-order valence-corrected chi connectivity index (χ1v) is 5.47. The number of rotatable bonds is 4. The fourth-order valence-corrected chi connectivity index (χ4v) is 1.74. The van der Waals surface area contributed by atoms with Crippen molar-refractivity contribution >= 4 is 11.6 Å². The SMILES string of the molecule is CC(C)C(CO)Cc1c(F)cccc1Cl. The van der Waals surface area contributed by atoms with Crippen molar-refractivity contribution in [3.8, 4) is 0 Å². The van der Waals surface area contributed by atoms with E-state index in [9.17, 15) is 9.50 Å². The second-order valence-electron chi connectivity index (χ2n) is 4.09. The monoisotopic (exact) mass is 230 g/mol. The quantitative estimate of drug-likeness (QED) is 0.842. The van der Waals surface area contributed by atoms with E-state index in [2.05, 4.69) is 0 Å². The van der Waals surface area contributed by atoms with Crippen LogP contribution in [0.25, 0.3) is 0 Å². The third-order valence-electron chi connectivity index (χ3n) is 2.71. The largest absolute Gasteiger partial charge is 0.396 e. The molecule has 0 aromatic heterocycles. The van der Waals surface area contributed by atoms with Gasteiger partial charge in [-0.2, -0.15) is 0 Å². The normalized spacial score (nSPS) is 13.2. The standard InChI is InChI=1S/C12H16ClFO/c1-8(2)9(7-15)6-10-11(13)4-3-5-12(10)14/h3-5,8-9,15H,6-7H2,1-2H3. The van der Waals surface area contributed by atoms with Gasteiger partial charge in [0.25, 0.3) is 0 Å². The van der Waals surface area contributed by atoms with Crippen molar-refractivity contribution in [2.24, 2.45) is 11.8 Å². The second-order valence-corrected chi connectivity index (χ2v) is 4.50. The first kappa shape index (κ1) is 12.5. The Kier molecular flexibility index (Phi) is 4.55. The summed E-state index contributed by atoms with van der Waals surface area (Å²) in [6.45, 7) is 4.08. The Hall–Kier alpha value is -0.600. The molecular weight excluding hydrogens is 215 g/mol. The summed E-state index contributed by atoms with van der Waals surface area (Å²) in [5.41, 5.74) is 0.506. The van der Waals surface area contributed by atoms with Crippen LogP contribution in [0.15, 0.2) is 18.2 Å². The molecule has 1 aromatic carbocycles. The van der Waals surface area contributed by atoms with E-state index in [4.69, 9.17) is 11.6 Å². The van der Waals surface area contributed by atoms with Crippen LogP contribution < -0.4 is 0 Å². The number of aliphatic hydroxyl groups excluding tert-OH is 1. The molecule has 1 nitrogen and oxygen atoms in total. The maximum Gasteiger partial charge on any atom is 0.127 e. The van der Waals surface area contributed by atoms with Gasteiger partial charge < -0.3 is 5.11 Å². The Labute approximate surface area is 94.9 Å². The van der Waals surface area contributed by atoms with E-state index in [1.807, 2.05) is 13.8 Å². The summed E-state index contributed by atoms with van der Waals surface area (Å²) in [7, 11) is 0. The molecule has 0 amide bonds. The van der Waals surface area contributed by atoms with Crippen LogP contribution in [0.2, 0.25) is 5.02 Å². The molecule has 3 heteroatoms. The van der Waals surface area contributed by atoms with Crippen molar-refractivity contribution in [3.05, 3.63) is 34.6 Å². The highest BCUT2D eigenvalue weighted by molar-refractivity contribution is 6.31. The summed E-state index contributed by atoms with van der Waals surface area (Å²) in [5.74, 6) is 0.0756. The molecule has 1 N–H and O–H groups in total. The summed E-state index contributed by atoms with van der Waals surface area (Å²) in [6, 6.07) is 4.66. The molecule has 0 aliphatic heterocycles. The molecular formula is C12H16ClFO. The molecule has 15 heavy (non-hydrogen) atoms. The molecule has 0 aliphatic carbocycles. The Balaban J connectivity index is 2.87. The van der Waals surface area contributed by atoms with Crippen molar-refractivity contribution in [3.63, 3.8) is 0 Å². The number of benzene rings is 1. The van der Waals surface area contributed by atoms with E-state index in [0.717, 1.165) is 0 Å². The van der Waals surface area contributed by atoms with Gasteiger partial charge in [-0.05, 0) is 30.4 Å². The molecule has 0 saturated heterocycles. The molecule has 0 heterocycles. The zero-order valence-corrected chi connectivity index (χ0v) is 9.76. The van der Waals surface area contributed by atoms with Gasteiger partial charge in [-0.15, -0.1) is 0 Å². The van der Waals surface area contributed by atoms with Crippen LogP contribution in [0.1, 0.15) is 19.4 Å². The van der Waals surface area contributed by atoms with Crippen LogP contribution in [0.5, 0.6) is 0 Å². The van der Waals surface area contributed by atoms with E-state index in [-0.39, 0.29) is 18.3 Å². The van der Waals surface area contributed by atoms with Crippen molar-refractivity contribution in [1.82, 2.24) is 0 Å². The number of hydrogen-bond donors (Lipinski definition) is 1. The summed E-state index contributed by atoms with van der Waals surface area (Å²) < 4.78 is 13.4. The Morgan fingerprint density at radius 3 is 2.53 bits per heavy atom. The Bertz CT molecular complexity index is 305. The van der Waals surface area contributed by atoms with Crippen LogP contribution in [-0.4, -0.2) is 11.7 Å². The Morgan fingerprint density at radius 2 is 2.07 bits per heavy atom. The fourth-order valence-electron chi connectivity index (χ4n) is 1.50. The van der Waals surface area contributed by atoms with Crippen molar-refractivity contribution in [1.29, 1.82) is 0 Å². The number of aliphatic hydroxyl groups is 1. The molecule has 84 valence electrons. The zero-order valence-electron chi connectivity index (χ0n) is 9.00. The molecule has 0 spiro atoms. The van der Waals surface area contributed by atoms with Gasteiger partial charge in [0, 0.05) is 17.2 Å². The van der Waals surface area contributed by atoms with Crippen LogP contribution in [0.3, 0.4) is 0 Å². The van der Waals surface area contributed by atoms with Crippen LogP contribution in [0, 0.1) is 17.7 Å². The summed E-state index contributed by atoms with van der Waals surface area (Å²) in [6.07, 6.45) is 0.486. The van der Waals surface area contributed by atoms with Crippen molar-refractivity contribution in [2.75, 3.05) is 6.61 Å². The minimum absolute atomic E-state index is 0.0550. The van der Waals surface area contributed by atoms with Crippen LogP contribution in [-0.2, 0) is 6.42 Å². The lowest BCUT2D eigenvalue weighted by molar-refractivity contribution is 0.188. The molecule has 0 bridgehead atoms. The van der Waals surface area contributed by atoms with Gasteiger partial charge in [-0.3, -0.25) is 0 Å². The topological polar surface area (TPSA) is 20.2 Å². The van der Waals surface area contributed by atoms with Gasteiger partial charge in [0.1, 0.15) is 5.82 Å².